The molecular weight excluding hydrogens is 336 g/mol. The number of carbonyl (C=O) groups is 2. The van der Waals surface area contributed by atoms with Crippen LogP contribution in [0.4, 0.5) is 5.00 Å². The number of hydrogen-bond acceptors (Lipinski definition) is 4. The number of carbonyl (C=O) groups excluding carboxylic acids is 2. The van der Waals surface area contributed by atoms with Crippen molar-refractivity contribution < 1.29 is 9.59 Å². The highest BCUT2D eigenvalue weighted by Crippen LogP contribution is 2.39. The van der Waals surface area contributed by atoms with Gasteiger partial charge in [-0.1, -0.05) is 0 Å². The molecule has 0 aliphatic heterocycles. The third kappa shape index (κ3) is 3.33. The third-order valence-electron chi connectivity index (χ3n) is 4.93. The lowest BCUT2D eigenvalue weighted by Crippen LogP contribution is -2.26. The number of fused-ring (bicyclic) bond motifs is 1. The van der Waals surface area contributed by atoms with E-state index in [2.05, 4.69) is 15.6 Å². The van der Waals surface area contributed by atoms with Crippen molar-refractivity contribution >= 4 is 28.2 Å². The van der Waals surface area contributed by atoms with Crippen LogP contribution in [0.15, 0.2) is 12.5 Å². The summed E-state index contributed by atoms with van der Waals surface area (Å²) in [7, 11) is 1.90. The molecule has 25 heavy (non-hydrogen) atoms. The van der Waals surface area contributed by atoms with E-state index in [9.17, 15) is 9.59 Å². The van der Waals surface area contributed by atoms with Gasteiger partial charge in [-0.15, -0.1) is 11.3 Å². The lowest BCUT2D eigenvalue weighted by atomic mass is 9.95. The molecule has 1 fully saturated rings. The van der Waals surface area contributed by atoms with Crippen molar-refractivity contribution in [3.63, 3.8) is 0 Å². The number of aromatic nitrogens is 2. The van der Waals surface area contributed by atoms with Gasteiger partial charge in [-0.25, -0.2) is 4.98 Å². The van der Waals surface area contributed by atoms with Crippen LogP contribution in [-0.4, -0.2) is 21.4 Å². The SMILES string of the molecule is Cn1cncc1CNC(=O)c1c(NC(=O)C2CC2)sc2c1CCCC2. The van der Waals surface area contributed by atoms with E-state index >= 15 is 0 Å². The topological polar surface area (TPSA) is 76.0 Å². The zero-order valence-corrected chi connectivity index (χ0v) is 15.1. The van der Waals surface area contributed by atoms with Gasteiger partial charge in [-0.3, -0.25) is 9.59 Å². The number of nitrogens with one attached hydrogen (secondary N) is 2. The molecular formula is C18H22N4O2S. The second-order valence-corrected chi connectivity index (χ2v) is 7.96. The van der Waals surface area contributed by atoms with E-state index in [-0.39, 0.29) is 17.7 Å². The summed E-state index contributed by atoms with van der Waals surface area (Å²) in [6.07, 6.45) is 9.55. The van der Waals surface area contributed by atoms with Crippen LogP contribution in [0.1, 0.15) is 52.2 Å². The number of hydrogen-bond donors (Lipinski definition) is 2. The van der Waals surface area contributed by atoms with Crippen molar-refractivity contribution in [1.82, 2.24) is 14.9 Å². The molecule has 1 saturated carbocycles. The fourth-order valence-electron chi connectivity index (χ4n) is 3.27. The number of amides is 2. The lowest BCUT2D eigenvalue weighted by Gasteiger charge is -2.13. The highest BCUT2D eigenvalue weighted by atomic mass is 32.1. The maximum atomic E-state index is 12.9. The van der Waals surface area contributed by atoms with Gasteiger partial charge in [-0.05, 0) is 44.1 Å². The number of thiophene rings is 1. The number of nitrogens with zero attached hydrogens (tertiary/aromatic N) is 2. The van der Waals surface area contributed by atoms with Crippen molar-refractivity contribution in [3.8, 4) is 0 Å². The fraction of sp³-hybridized carbons (Fsp3) is 0.500. The van der Waals surface area contributed by atoms with Crippen LogP contribution in [0.5, 0.6) is 0 Å². The van der Waals surface area contributed by atoms with E-state index in [1.807, 2.05) is 11.6 Å². The summed E-state index contributed by atoms with van der Waals surface area (Å²) < 4.78 is 1.89. The molecule has 4 rings (SSSR count). The minimum absolute atomic E-state index is 0.0549. The van der Waals surface area contributed by atoms with Gasteiger partial charge in [0, 0.05) is 24.0 Å². The fourth-order valence-corrected chi connectivity index (χ4v) is 4.56. The highest BCUT2D eigenvalue weighted by molar-refractivity contribution is 7.17. The van der Waals surface area contributed by atoms with Crippen molar-refractivity contribution in [2.24, 2.45) is 13.0 Å². The summed E-state index contributed by atoms with van der Waals surface area (Å²) in [6.45, 7) is 0.427. The molecule has 2 aliphatic rings. The molecule has 0 atom stereocenters. The first-order valence-electron chi connectivity index (χ1n) is 8.82. The Morgan fingerprint density at radius 3 is 2.84 bits per heavy atom. The Bertz CT molecular complexity index is 819. The number of imidazole rings is 1. The maximum absolute atomic E-state index is 12.9. The van der Waals surface area contributed by atoms with Gasteiger partial charge in [0.05, 0.1) is 24.1 Å². The molecule has 0 unspecified atom stereocenters. The highest BCUT2D eigenvalue weighted by Gasteiger charge is 2.32. The Morgan fingerprint density at radius 1 is 1.32 bits per heavy atom. The first kappa shape index (κ1) is 16.3. The summed E-state index contributed by atoms with van der Waals surface area (Å²) >= 11 is 1.58. The van der Waals surface area contributed by atoms with Gasteiger partial charge in [0.1, 0.15) is 5.00 Å². The molecule has 2 N–H and O–H groups in total. The van der Waals surface area contributed by atoms with E-state index < -0.39 is 0 Å². The van der Waals surface area contributed by atoms with E-state index in [1.165, 1.54) is 4.88 Å². The summed E-state index contributed by atoms with van der Waals surface area (Å²) in [5.74, 6) is 0.0791. The standard InChI is InChI=1S/C18H22N4O2S/c1-22-10-19-8-12(22)9-20-17(24)15-13-4-2-3-5-14(13)25-18(15)21-16(23)11-6-7-11/h8,10-11H,2-7,9H2,1H3,(H,20,24)(H,21,23). The predicted octanol–water partition coefficient (Wildman–Crippen LogP) is 2.64. The van der Waals surface area contributed by atoms with Crippen LogP contribution in [0.2, 0.25) is 0 Å². The van der Waals surface area contributed by atoms with Crippen LogP contribution in [-0.2, 0) is 31.2 Å². The van der Waals surface area contributed by atoms with Gasteiger partial charge in [0.15, 0.2) is 0 Å². The maximum Gasteiger partial charge on any atom is 0.254 e. The molecule has 132 valence electrons. The van der Waals surface area contributed by atoms with Gasteiger partial charge >= 0.3 is 0 Å². The Hall–Kier alpha value is -2.15. The molecule has 2 aromatic rings. The summed E-state index contributed by atoms with van der Waals surface area (Å²) in [5.41, 5.74) is 2.75. The second kappa shape index (κ2) is 6.63. The molecule has 0 aromatic carbocycles. The minimum atomic E-state index is -0.105. The van der Waals surface area contributed by atoms with E-state index in [1.54, 1.807) is 23.9 Å². The zero-order valence-electron chi connectivity index (χ0n) is 14.3. The summed E-state index contributed by atoms with van der Waals surface area (Å²) in [4.78, 5) is 30.4. The average molecular weight is 358 g/mol. The first-order chi connectivity index (χ1) is 12.1. The lowest BCUT2D eigenvalue weighted by molar-refractivity contribution is -0.117. The molecule has 2 heterocycles. The van der Waals surface area contributed by atoms with Gasteiger partial charge in [0.25, 0.3) is 5.91 Å². The minimum Gasteiger partial charge on any atom is -0.346 e. The molecule has 0 radical (unpaired) electrons. The molecule has 0 bridgehead atoms. The molecule has 2 aliphatic carbocycles. The van der Waals surface area contributed by atoms with Crippen molar-refractivity contribution in [3.05, 3.63) is 34.2 Å². The smallest absolute Gasteiger partial charge is 0.254 e. The number of anilines is 1. The van der Waals surface area contributed by atoms with Crippen molar-refractivity contribution in [2.45, 2.75) is 45.1 Å². The molecule has 2 amide bonds. The molecule has 6 nitrogen and oxygen atoms in total. The van der Waals surface area contributed by atoms with E-state index in [4.69, 9.17) is 0 Å². The first-order valence-corrected chi connectivity index (χ1v) is 9.64. The average Bonchev–Trinajstić information content (AvgIpc) is 3.28. The number of rotatable bonds is 5. The van der Waals surface area contributed by atoms with E-state index in [0.29, 0.717) is 12.1 Å². The molecule has 0 saturated heterocycles. The molecule has 0 spiro atoms. The Labute approximate surface area is 150 Å². The Balaban J connectivity index is 1.57. The van der Waals surface area contributed by atoms with Crippen LogP contribution in [0.3, 0.4) is 0 Å². The quantitative estimate of drug-likeness (QED) is 0.863. The van der Waals surface area contributed by atoms with Crippen molar-refractivity contribution in [1.29, 1.82) is 0 Å². The van der Waals surface area contributed by atoms with Crippen LogP contribution >= 0.6 is 11.3 Å². The third-order valence-corrected chi connectivity index (χ3v) is 6.14. The summed E-state index contributed by atoms with van der Waals surface area (Å²) in [5, 5.41) is 6.74. The molecule has 2 aromatic heterocycles. The zero-order chi connectivity index (χ0) is 17.4. The summed E-state index contributed by atoms with van der Waals surface area (Å²) in [6, 6.07) is 0. The van der Waals surface area contributed by atoms with Crippen LogP contribution in [0, 0.1) is 5.92 Å². The predicted molar refractivity (Wildman–Crippen MR) is 96.7 cm³/mol. The van der Waals surface area contributed by atoms with Crippen molar-refractivity contribution in [2.75, 3.05) is 5.32 Å². The molecule has 7 heteroatoms. The van der Waals surface area contributed by atoms with Crippen LogP contribution in [0.25, 0.3) is 0 Å². The van der Waals surface area contributed by atoms with E-state index in [0.717, 1.165) is 54.8 Å². The normalized spacial score (nSPS) is 16.4. The monoisotopic (exact) mass is 358 g/mol. The van der Waals surface area contributed by atoms with Gasteiger partial charge in [0.2, 0.25) is 5.91 Å². The Kier molecular flexibility index (Phi) is 4.33. The van der Waals surface area contributed by atoms with Crippen LogP contribution < -0.4 is 10.6 Å². The van der Waals surface area contributed by atoms with Gasteiger partial charge in [-0.2, -0.15) is 0 Å². The number of aryl methyl sites for hydroxylation is 2. The second-order valence-electron chi connectivity index (χ2n) is 6.86. The van der Waals surface area contributed by atoms with Gasteiger partial charge < -0.3 is 15.2 Å². The largest absolute Gasteiger partial charge is 0.346 e. The Morgan fingerprint density at radius 2 is 2.12 bits per heavy atom.